The number of nitrogens with one attached hydrogen (secondary N) is 1. The molecule has 0 bridgehead atoms. The number of allylic oxidation sites excluding steroid dienone is 1. The van der Waals surface area contributed by atoms with E-state index in [1.54, 1.807) is 30.3 Å². The number of nitrogens with two attached hydrogens (primary N) is 1. The first-order chi connectivity index (χ1) is 16.9. The van der Waals surface area contributed by atoms with Gasteiger partial charge in [0.1, 0.15) is 17.3 Å². The van der Waals surface area contributed by atoms with Crippen LogP contribution < -0.4 is 10.6 Å². The number of aromatic amines is 1. The first-order valence-electron chi connectivity index (χ1n) is 10.1. The number of ether oxygens (including phenoxy) is 2. The quantitative estimate of drug-likeness (QED) is 0.457. The van der Waals surface area contributed by atoms with Crippen LogP contribution in [0.2, 0.25) is 0 Å². The molecule has 0 aliphatic carbocycles. The Morgan fingerprint density at radius 3 is 2.46 bits per heavy atom. The fraction of sp³-hybridized carbons (Fsp3) is 0.130. The highest BCUT2D eigenvalue weighted by Crippen LogP contribution is 2.45. The molecule has 0 fully saturated rings. The van der Waals surface area contributed by atoms with Crippen molar-refractivity contribution in [3.63, 3.8) is 0 Å². The topological polar surface area (TPSA) is 180 Å². The number of aromatic nitrogens is 4. The standard InChI is InChI=1S/C23H19N7O5/c1-34-22(32)18-17(12-6-4-3-5-7-12)14(11-24)20(25)30(19(18)23(33)35-2)15-10-13(8-9-16(15)31)21-26-28-29-27-21/h3-10,17,31H,25H2,1-2H3,(H,26,27,28,29). The Balaban J connectivity index is 2.06. The van der Waals surface area contributed by atoms with Gasteiger partial charge in [-0.15, -0.1) is 10.2 Å². The van der Waals surface area contributed by atoms with Crippen LogP contribution in [0.4, 0.5) is 5.69 Å². The van der Waals surface area contributed by atoms with Gasteiger partial charge in [0.05, 0.1) is 43.0 Å². The van der Waals surface area contributed by atoms with Gasteiger partial charge in [-0.3, -0.25) is 4.90 Å². The number of nitriles is 1. The molecule has 1 aliphatic rings. The third kappa shape index (κ3) is 3.91. The Morgan fingerprint density at radius 1 is 1.14 bits per heavy atom. The zero-order valence-electron chi connectivity index (χ0n) is 18.6. The van der Waals surface area contributed by atoms with Crippen LogP contribution in [0.1, 0.15) is 11.5 Å². The number of H-pyrrole nitrogens is 1. The van der Waals surface area contributed by atoms with Crippen molar-refractivity contribution in [1.29, 1.82) is 5.26 Å². The van der Waals surface area contributed by atoms with E-state index in [2.05, 4.69) is 20.6 Å². The van der Waals surface area contributed by atoms with E-state index in [9.17, 15) is 20.0 Å². The maximum Gasteiger partial charge on any atom is 0.355 e. The molecule has 12 heteroatoms. The highest BCUT2D eigenvalue weighted by molar-refractivity contribution is 6.06. The lowest BCUT2D eigenvalue weighted by molar-refractivity contribution is -0.139. The lowest BCUT2D eigenvalue weighted by atomic mass is 9.81. The summed E-state index contributed by atoms with van der Waals surface area (Å²) in [5.41, 5.74) is 6.83. The lowest BCUT2D eigenvalue weighted by Gasteiger charge is -2.36. The highest BCUT2D eigenvalue weighted by atomic mass is 16.5. The molecule has 0 saturated heterocycles. The van der Waals surface area contributed by atoms with Crippen molar-refractivity contribution in [1.82, 2.24) is 20.6 Å². The number of carbonyl (C=O) groups excluding carboxylic acids is 2. The van der Waals surface area contributed by atoms with E-state index in [4.69, 9.17) is 15.2 Å². The van der Waals surface area contributed by atoms with Crippen LogP contribution in [0.5, 0.6) is 5.75 Å². The molecule has 4 N–H and O–H groups in total. The molecule has 35 heavy (non-hydrogen) atoms. The van der Waals surface area contributed by atoms with Crippen molar-refractivity contribution in [2.75, 3.05) is 19.1 Å². The number of phenols is 1. The predicted molar refractivity (Wildman–Crippen MR) is 121 cm³/mol. The minimum Gasteiger partial charge on any atom is -0.506 e. The first-order valence-corrected chi connectivity index (χ1v) is 10.1. The smallest absolute Gasteiger partial charge is 0.355 e. The zero-order valence-corrected chi connectivity index (χ0v) is 18.6. The largest absolute Gasteiger partial charge is 0.506 e. The second kappa shape index (κ2) is 9.36. The maximum atomic E-state index is 13.1. The van der Waals surface area contributed by atoms with Gasteiger partial charge >= 0.3 is 11.9 Å². The van der Waals surface area contributed by atoms with E-state index >= 15 is 0 Å². The molecule has 0 spiro atoms. The fourth-order valence-electron chi connectivity index (χ4n) is 3.89. The second-order valence-electron chi connectivity index (χ2n) is 7.27. The minimum atomic E-state index is -1.03. The van der Waals surface area contributed by atoms with Gasteiger partial charge in [-0.1, -0.05) is 30.3 Å². The number of hydrogen-bond donors (Lipinski definition) is 3. The molecule has 1 aromatic heterocycles. The van der Waals surface area contributed by atoms with Gasteiger partial charge < -0.3 is 20.3 Å². The van der Waals surface area contributed by atoms with Crippen molar-refractivity contribution in [2.24, 2.45) is 5.73 Å². The third-order valence-electron chi connectivity index (χ3n) is 5.43. The second-order valence-corrected chi connectivity index (χ2v) is 7.27. The number of anilines is 1. The molecule has 1 atom stereocenters. The molecule has 1 aliphatic heterocycles. The zero-order chi connectivity index (χ0) is 25.1. The number of carbonyl (C=O) groups is 2. The van der Waals surface area contributed by atoms with Crippen LogP contribution in [0.25, 0.3) is 11.4 Å². The van der Waals surface area contributed by atoms with Crippen LogP contribution in [0.3, 0.4) is 0 Å². The third-order valence-corrected chi connectivity index (χ3v) is 5.43. The van der Waals surface area contributed by atoms with Gasteiger partial charge in [0, 0.05) is 5.56 Å². The summed E-state index contributed by atoms with van der Waals surface area (Å²) in [4.78, 5) is 27.3. The van der Waals surface area contributed by atoms with E-state index in [0.717, 1.165) is 19.1 Å². The van der Waals surface area contributed by atoms with Crippen LogP contribution in [0, 0.1) is 11.3 Å². The number of methoxy groups -OCH3 is 2. The summed E-state index contributed by atoms with van der Waals surface area (Å²) in [6, 6.07) is 14.9. The first kappa shape index (κ1) is 23.0. The summed E-state index contributed by atoms with van der Waals surface area (Å²) in [7, 11) is 2.29. The molecule has 4 rings (SSSR count). The highest BCUT2D eigenvalue weighted by Gasteiger charge is 2.43. The lowest BCUT2D eigenvalue weighted by Crippen LogP contribution is -2.40. The van der Waals surface area contributed by atoms with Crippen LogP contribution in [-0.2, 0) is 19.1 Å². The van der Waals surface area contributed by atoms with E-state index in [0.29, 0.717) is 11.1 Å². The number of aromatic hydroxyl groups is 1. The number of phenolic OH excluding ortho intramolecular Hbond substituents is 1. The summed E-state index contributed by atoms with van der Waals surface area (Å²) >= 11 is 0. The van der Waals surface area contributed by atoms with Crippen LogP contribution in [-0.4, -0.2) is 51.9 Å². The van der Waals surface area contributed by atoms with Crippen molar-refractivity contribution >= 4 is 17.6 Å². The average molecular weight is 473 g/mol. The van der Waals surface area contributed by atoms with E-state index in [1.807, 2.05) is 6.07 Å². The Hall–Kier alpha value is -5.18. The molecule has 12 nitrogen and oxygen atoms in total. The SMILES string of the molecule is COC(=O)C1=C(C(=O)OC)N(c2cc(-c3nn[nH]n3)ccc2O)C(N)=C(C#N)C1c1ccccc1. The van der Waals surface area contributed by atoms with Crippen LogP contribution in [0.15, 0.2) is 71.2 Å². The molecule has 0 radical (unpaired) electrons. The van der Waals surface area contributed by atoms with Crippen molar-refractivity contribution < 1.29 is 24.2 Å². The normalized spacial score (nSPS) is 15.6. The number of rotatable bonds is 5. The van der Waals surface area contributed by atoms with E-state index in [-0.39, 0.29) is 39.9 Å². The number of hydrogen-bond acceptors (Lipinski definition) is 11. The summed E-state index contributed by atoms with van der Waals surface area (Å²) < 4.78 is 9.97. The Bertz CT molecular complexity index is 1390. The Morgan fingerprint density at radius 2 is 1.86 bits per heavy atom. The minimum absolute atomic E-state index is 0.0223. The fourth-order valence-corrected chi connectivity index (χ4v) is 3.89. The number of tetrazole rings is 1. The Kier molecular flexibility index (Phi) is 6.15. The van der Waals surface area contributed by atoms with Gasteiger partial charge in [0.15, 0.2) is 0 Å². The molecule has 0 saturated carbocycles. The summed E-state index contributed by atoms with van der Waals surface area (Å²) in [6.45, 7) is 0. The maximum absolute atomic E-state index is 13.1. The molecular weight excluding hydrogens is 454 g/mol. The molecular formula is C23H19N7O5. The number of esters is 2. The monoisotopic (exact) mass is 473 g/mol. The van der Waals surface area contributed by atoms with E-state index < -0.39 is 17.9 Å². The van der Waals surface area contributed by atoms with Crippen molar-refractivity contribution in [3.8, 4) is 23.2 Å². The molecule has 3 aromatic rings. The molecule has 2 heterocycles. The predicted octanol–water partition coefficient (Wildman–Crippen LogP) is 1.47. The molecule has 0 amide bonds. The van der Waals surface area contributed by atoms with E-state index in [1.165, 1.54) is 18.2 Å². The summed E-state index contributed by atoms with van der Waals surface area (Å²) in [5, 5.41) is 34.5. The van der Waals surface area contributed by atoms with Crippen molar-refractivity contribution in [3.05, 3.63) is 76.8 Å². The average Bonchev–Trinajstić information content (AvgIpc) is 3.43. The number of benzene rings is 2. The van der Waals surface area contributed by atoms with Gasteiger partial charge in [-0.2, -0.15) is 10.5 Å². The van der Waals surface area contributed by atoms with Gasteiger partial charge in [0.25, 0.3) is 0 Å². The molecule has 2 aromatic carbocycles. The summed E-state index contributed by atoms with van der Waals surface area (Å²) in [5.74, 6) is -3.13. The van der Waals surface area contributed by atoms with Gasteiger partial charge in [0.2, 0.25) is 5.82 Å². The van der Waals surface area contributed by atoms with Crippen molar-refractivity contribution in [2.45, 2.75) is 5.92 Å². The summed E-state index contributed by atoms with van der Waals surface area (Å²) in [6.07, 6.45) is 0. The molecule has 1 unspecified atom stereocenters. The Labute approximate surface area is 198 Å². The van der Waals surface area contributed by atoms with Crippen LogP contribution >= 0.6 is 0 Å². The van der Waals surface area contributed by atoms with Gasteiger partial charge in [-0.25, -0.2) is 9.59 Å². The molecule has 176 valence electrons. The number of nitrogens with zero attached hydrogens (tertiary/aromatic N) is 5. The van der Waals surface area contributed by atoms with Gasteiger partial charge in [-0.05, 0) is 29.0 Å².